The van der Waals surface area contributed by atoms with Crippen LogP contribution >= 0.6 is 11.3 Å². The molecule has 206 valence electrons. The zero-order chi connectivity index (χ0) is 28.4. The highest BCUT2D eigenvalue weighted by Gasteiger charge is 2.34. The van der Waals surface area contributed by atoms with Crippen LogP contribution in [0, 0.1) is 0 Å². The number of nitrogens with zero attached hydrogens (tertiary/aromatic N) is 3. The predicted octanol–water partition coefficient (Wildman–Crippen LogP) is 4.25. The molecule has 0 saturated carbocycles. The highest BCUT2D eigenvalue weighted by Crippen LogP contribution is 2.36. The minimum Gasteiger partial charge on any atom is -0.490 e. The molecule has 5 rings (SSSR count). The Morgan fingerprint density at radius 3 is 2.67 bits per heavy atom. The lowest BCUT2D eigenvalue weighted by Crippen LogP contribution is -2.40. The fourth-order valence-electron chi connectivity index (χ4n) is 4.97. The molecule has 1 atom stereocenters. The molecule has 0 N–H and O–H groups in total. The summed E-state index contributed by atoms with van der Waals surface area (Å²) < 4.78 is 21.2. The molecule has 40 heavy (non-hydrogen) atoms. The number of para-hydroxylation sites is 1. The second-order valence-corrected chi connectivity index (χ2v) is 10.3. The molecule has 2 aromatic carbocycles. The monoisotopic (exact) mass is 557 g/mol. The minimum atomic E-state index is -0.752. The number of rotatable bonds is 9. The van der Waals surface area contributed by atoms with E-state index in [0.29, 0.717) is 50.9 Å². The number of esters is 1. The number of ether oxygens (including phenoxy) is 3. The number of fused-ring (bicyclic) bond motifs is 2. The van der Waals surface area contributed by atoms with Crippen LogP contribution in [0.3, 0.4) is 0 Å². The molecular formula is C31H31N3O5S. The number of thiazole rings is 1. The van der Waals surface area contributed by atoms with Crippen molar-refractivity contribution in [2.45, 2.75) is 26.8 Å². The highest BCUT2D eigenvalue weighted by molar-refractivity contribution is 7.07. The van der Waals surface area contributed by atoms with E-state index in [4.69, 9.17) is 14.2 Å². The quantitative estimate of drug-likeness (QED) is 0.227. The average Bonchev–Trinajstić information content (AvgIpc) is 3.42. The molecule has 0 unspecified atom stereocenters. The number of aryl methyl sites for hydroxylation is 1. The summed E-state index contributed by atoms with van der Waals surface area (Å²) >= 11 is 1.30. The van der Waals surface area contributed by atoms with E-state index >= 15 is 0 Å². The molecule has 9 heteroatoms. The highest BCUT2D eigenvalue weighted by atomic mass is 32.1. The maximum atomic E-state index is 14.0. The maximum Gasteiger partial charge on any atom is 0.338 e. The van der Waals surface area contributed by atoms with Gasteiger partial charge in [0.15, 0.2) is 16.3 Å². The van der Waals surface area contributed by atoms with Crippen LogP contribution in [0.1, 0.15) is 37.9 Å². The number of hydrogen-bond donors (Lipinski definition) is 0. The zero-order valence-corrected chi connectivity index (χ0v) is 23.8. The SMILES string of the molecule is C=CCOc1ccc([C@H]2C(C(=O)OCC)=C(C)N=c3s/c(=C\c4cn(C)c5ccccc45)c(=O)n32)cc1OCC. The van der Waals surface area contributed by atoms with Crippen molar-refractivity contribution in [2.24, 2.45) is 12.0 Å². The van der Waals surface area contributed by atoms with E-state index in [0.717, 1.165) is 16.5 Å². The van der Waals surface area contributed by atoms with E-state index < -0.39 is 12.0 Å². The number of carbonyl (C=O) groups is 1. The van der Waals surface area contributed by atoms with Crippen molar-refractivity contribution in [2.75, 3.05) is 19.8 Å². The molecule has 0 amide bonds. The predicted molar refractivity (Wildman–Crippen MR) is 157 cm³/mol. The number of allylic oxidation sites excluding steroid dienone is 1. The third-order valence-electron chi connectivity index (χ3n) is 6.67. The van der Waals surface area contributed by atoms with E-state index in [1.54, 1.807) is 30.6 Å². The minimum absolute atomic E-state index is 0.201. The molecule has 4 aromatic rings. The molecule has 0 aliphatic carbocycles. The number of carbonyl (C=O) groups excluding carboxylic acids is 1. The van der Waals surface area contributed by atoms with E-state index in [-0.39, 0.29) is 12.2 Å². The van der Waals surface area contributed by atoms with Crippen molar-refractivity contribution in [1.82, 2.24) is 9.13 Å². The van der Waals surface area contributed by atoms with Crippen molar-refractivity contribution in [3.05, 3.63) is 103 Å². The Hall–Kier alpha value is -4.37. The molecule has 0 bridgehead atoms. The molecule has 2 aromatic heterocycles. The van der Waals surface area contributed by atoms with E-state index in [1.165, 1.54) is 11.3 Å². The van der Waals surface area contributed by atoms with Crippen LogP contribution in [-0.2, 0) is 16.6 Å². The van der Waals surface area contributed by atoms with Gasteiger partial charge in [0, 0.05) is 29.7 Å². The molecule has 8 nitrogen and oxygen atoms in total. The van der Waals surface area contributed by atoms with Crippen LogP contribution in [0.5, 0.6) is 11.5 Å². The zero-order valence-electron chi connectivity index (χ0n) is 23.0. The first-order valence-corrected chi connectivity index (χ1v) is 13.9. The van der Waals surface area contributed by atoms with Crippen molar-refractivity contribution >= 4 is 34.3 Å². The largest absolute Gasteiger partial charge is 0.490 e. The van der Waals surface area contributed by atoms with Crippen LogP contribution in [0.4, 0.5) is 0 Å². The Labute approximate surface area is 235 Å². The van der Waals surface area contributed by atoms with Gasteiger partial charge in [-0.3, -0.25) is 9.36 Å². The summed E-state index contributed by atoms with van der Waals surface area (Å²) in [7, 11) is 1.98. The first kappa shape index (κ1) is 27.2. The Morgan fingerprint density at radius 1 is 1.12 bits per heavy atom. The Morgan fingerprint density at radius 2 is 1.93 bits per heavy atom. The van der Waals surface area contributed by atoms with Gasteiger partial charge in [0.05, 0.1) is 35.1 Å². The molecule has 3 heterocycles. The molecule has 0 radical (unpaired) electrons. The van der Waals surface area contributed by atoms with Gasteiger partial charge in [-0.25, -0.2) is 9.79 Å². The van der Waals surface area contributed by atoms with Crippen LogP contribution in [0.25, 0.3) is 17.0 Å². The van der Waals surface area contributed by atoms with Gasteiger partial charge in [-0.2, -0.15) is 0 Å². The second kappa shape index (κ2) is 11.4. The second-order valence-electron chi connectivity index (χ2n) is 9.25. The van der Waals surface area contributed by atoms with Crippen molar-refractivity contribution in [3.63, 3.8) is 0 Å². The fourth-order valence-corrected chi connectivity index (χ4v) is 6.00. The van der Waals surface area contributed by atoms with E-state index in [9.17, 15) is 9.59 Å². The summed E-state index contributed by atoms with van der Waals surface area (Å²) in [4.78, 5) is 32.5. The topological polar surface area (TPSA) is 84.0 Å². The van der Waals surface area contributed by atoms with Gasteiger partial charge in [0.2, 0.25) is 0 Å². The Balaban J connectivity index is 1.72. The van der Waals surface area contributed by atoms with Gasteiger partial charge >= 0.3 is 5.97 Å². The first-order chi connectivity index (χ1) is 19.4. The number of aromatic nitrogens is 2. The standard InChI is InChI=1S/C31H31N3O5S/c1-6-15-39-24-14-13-20(16-25(24)37-7-2)28-27(30(36)38-8-3)19(4)32-31-34(28)29(35)26(40-31)17-21-18-33(5)23-12-10-9-11-22(21)23/h6,9-14,16-18,28H,1,7-8,15H2,2-5H3/b26-17-/t28-/m0/s1. The summed E-state index contributed by atoms with van der Waals surface area (Å²) in [5, 5.41) is 1.05. The lowest BCUT2D eigenvalue weighted by atomic mass is 9.95. The van der Waals surface area contributed by atoms with Crippen LogP contribution in [0.15, 0.2) is 82.4 Å². The Bertz CT molecular complexity index is 1830. The molecular weight excluding hydrogens is 526 g/mol. The summed E-state index contributed by atoms with van der Waals surface area (Å²) in [5.74, 6) is 0.548. The van der Waals surface area contributed by atoms with Gasteiger partial charge in [-0.1, -0.05) is 48.3 Å². The van der Waals surface area contributed by atoms with E-state index in [2.05, 4.69) is 11.6 Å². The fraction of sp³-hybridized carbons (Fsp3) is 0.258. The van der Waals surface area contributed by atoms with Gasteiger partial charge in [0.25, 0.3) is 5.56 Å². The summed E-state index contributed by atoms with van der Waals surface area (Å²) in [6, 6.07) is 12.7. The maximum absolute atomic E-state index is 14.0. The Kier molecular flexibility index (Phi) is 7.75. The van der Waals surface area contributed by atoms with Crippen LogP contribution in [0.2, 0.25) is 0 Å². The smallest absolute Gasteiger partial charge is 0.338 e. The van der Waals surface area contributed by atoms with Crippen molar-refractivity contribution in [1.29, 1.82) is 0 Å². The summed E-state index contributed by atoms with van der Waals surface area (Å²) in [5.41, 5.74) is 3.27. The average molecular weight is 558 g/mol. The lowest BCUT2D eigenvalue weighted by molar-refractivity contribution is -0.139. The van der Waals surface area contributed by atoms with E-state index in [1.807, 2.05) is 67.2 Å². The van der Waals surface area contributed by atoms with Crippen LogP contribution < -0.4 is 24.4 Å². The lowest BCUT2D eigenvalue weighted by Gasteiger charge is -2.25. The van der Waals surface area contributed by atoms with Gasteiger partial charge in [-0.05, 0) is 50.6 Å². The molecule has 0 fully saturated rings. The van der Waals surface area contributed by atoms with Gasteiger partial charge in [-0.15, -0.1) is 0 Å². The molecule has 0 saturated heterocycles. The van der Waals surface area contributed by atoms with Crippen molar-refractivity contribution in [3.8, 4) is 11.5 Å². The number of benzene rings is 2. The van der Waals surface area contributed by atoms with Crippen molar-refractivity contribution < 1.29 is 19.0 Å². The first-order valence-electron chi connectivity index (χ1n) is 13.1. The van der Waals surface area contributed by atoms with Gasteiger partial charge < -0.3 is 18.8 Å². The van der Waals surface area contributed by atoms with Crippen LogP contribution in [-0.4, -0.2) is 34.9 Å². The third-order valence-corrected chi connectivity index (χ3v) is 7.65. The third kappa shape index (κ3) is 4.88. The molecule has 0 spiro atoms. The van der Waals surface area contributed by atoms with Gasteiger partial charge in [0.1, 0.15) is 6.61 Å². The summed E-state index contributed by atoms with van der Waals surface area (Å²) in [6.07, 6.45) is 5.55. The molecule has 1 aliphatic rings. The summed E-state index contributed by atoms with van der Waals surface area (Å²) in [6.45, 7) is 10.0. The normalized spacial score (nSPS) is 15.1. The number of hydrogen-bond acceptors (Lipinski definition) is 7. The molecule has 1 aliphatic heterocycles.